The summed E-state index contributed by atoms with van der Waals surface area (Å²) in [5.74, 6) is -1.98. The Bertz CT molecular complexity index is 1210. The number of aliphatic carboxylic acids is 1. The maximum absolute atomic E-state index is 12.9. The number of ether oxygens (including phenoxy) is 4. The molecule has 0 heterocycles. The maximum Gasteiger partial charge on any atom is 0.361 e. The van der Waals surface area contributed by atoms with Crippen LogP contribution in [0.15, 0.2) is 24.3 Å². The van der Waals surface area contributed by atoms with Crippen molar-refractivity contribution in [1.29, 1.82) is 0 Å². The normalized spacial score (nSPS) is 12.9. The van der Waals surface area contributed by atoms with Gasteiger partial charge in [-0.1, -0.05) is 263 Å². The van der Waals surface area contributed by atoms with E-state index in [1.165, 1.54) is 225 Å². The lowest BCUT2D eigenvalue weighted by molar-refractivity contribution is -0.870. The summed E-state index contributed by atoms with van der Waals surface area (Å²) in [6.45, 7) is 4.91. The van der Waals surface area contributed by atoms with E-state index in [2.05, 4.69) is 38.2 Å². The van der Waals surface area contributed by atoms with Crippen LogP contribution in [0.3, 0.4) is 0 Å². The minimum absolute atomic E-state index is 0.175. The summed E-state index contributed by atoms with van der Waals surface area (Å²) in [4.78, 5) is 37.3. The molecule has 0 aromatic carbocycles. The molecule has 0 radical (unpaired) electrons. The zero-order chi connectivity index (χ0) is 52.0. The molecule has 0 fully saturated rings. The predicted octanol–water partition coefficient (Wildman–Crippen LogP) is 17.9. The number of carboxylic acid groups (broad SMARTS) is 1. The van der Waals surface area contributed by atoms with Crippen molar-refractivity contribution in [2.75, 3.05) is 47.5 Å². The Hall–Kier alpha value is -2.23. The fourth-order valence-corrected chi connectivity index (χ4v) is 8.99. The second-order valence-corrected chi connectivity index (χ2v) is 22.0. The number of carbonyl (C=O) groups is 3. The number of rotatable bonds is 57. The van der Waals surface area contributed by atoms with E-state index in [4.69, 9.17) is 18.9 Å². The maximum atomic E-state index is 12.9. The summed E-state index contributed by atoms with van der Waals surface area (Å²) in [6.07, 6.45) is 61.3. The molecule has 0 saturated carbocycles. The van der Waals surface area contributed by atoms with Gasteiger partial charge in [-0.2, -0.15) is 0 Å². The topological polar surface area (TPSA) is 108 Å². The van der Waals surface area contributed by atoms with Crippen molar-refractivity contribution in [2.45, 2.75) is 309 Å². The number of quaternary nitrogens is 1. The van der Waals surface area contributed by atoms with Gasteiger partial charge in [0.05, 0.1) is 34.4 Å². The number of carboxylic acids is 1. The lowest BCUT2D eigenvalue weighted by atomic mass is 10.0. The van der Waals surface area contributed by atoms with Crippen LogP contribution < -0.4 is 0 Å². The lowest BCUT2D eigenvalue weighted by Crippen LogP contribution is -2.40. The Morgan fingerprint density at radius 2 is 0.761 bits per heavy atom. The van der Waals surface area contributed by atoms with Crippen LogP contribution in [0.1, 0.15) is 296 Å². The zero-order valence-electron chi connectivity index (χ0n) is 47.7. The molecule has 418 valence electrons. The Labute approximate surface area is 439 Å². The van der Waals surface area contributed by atoms with Crippen LogP contribution >= 0.6 is 0 Å². The number of hydrogen-bond acceptors (Lipinski definition) is 7. The first kappa shape index (κ1) is 68.8. The van der Waals surface area contributed by atoms with Crippen molar-refractivity contribution in [1.82, 2.24) is 0 Å². The molecule has 0 rings (SSSR count). The smallest absolute Gasteiger partial charge is 0.361 e. The van der Waals surface area contributed by atoms with Gasteiger partial charge in [-0.15, -0.1) is 0 Å². The van der Waals surface area contributed by atoms with Crippen LogP contribution in [0, 0.1) is 0 Å². The minimum atomic E-state index is -1.50. The quantitative estimate of drug-likeness (QED) is 0.0211. The van der Waals surface area contributed by atoms with Crippen LogP contribution in [-0.4, -0.2) is 87.4 Å². The highest BCUT2D eigenvalue weighted by atomic mass is 16.7. The van der Waals surface area contributed by atoms with Gasteiger partial charge in [0.2, 0.25) is 0 Å². The van der Waals surface area contributed by atoms with Crippen LogP contribution in [0.5, 0.6) is 0 Å². The monoisotopic (exact) mass is 1000 g/mol. The van der Waals surface area contributed by atoms with E-state index in [1.807, 2.05) is 21.1 Å². The predicted molar refractivity (Wildman–Crippen MR) is 300 cm³/mol. The van der Waals surface area contributed by atoms with Crippen LogP contribution in [0.2, 0.25) is 0 Å². The molecule has 0 aliphatic heterocycles. The molecule has 0 amide bonds. The largest absolute Gasteiger partial charge is 0.477 e. The molecule has 71 heavy (non-hydrogen) atoms. The standard InChI is InChI=1S/C62H117NO8/c1-6-8-10-12-14-16-18-20-21-22-23-24-25-26-27-28-29-30-31-32-33-34-35-36-37-38-39-41-43-45-47-49-51-53-60(65)71-58(57-70-62(61(66)67)68-55-54-63(3,4)5)56-69-59(64)52-50-48-46-44-42-40-19-17-15-13-11-9-7-2/h18,20,22-23,58,62H,6-17,19,21,24-57H2,1-5H3/p+1/b20-18-,23-22-. The first-order chi connectivity index (χ1) is 34.6. The van der Waals surface area contributed by atoms with Gasteiger partial charge in [0, 0.05) is 12.8 Å². The molecule has 2 atom stereocenters. The molecule has 0 aromatic rings. The Morgan fingerprint density at radius 3 is 1.11 bits per heavy atom. The average Bonchev–Trinajstić information content (AvgIpc) is 3.34. The number of carbonyl (C=O) groups excluding carboxylic acids is 2. The van der Waals surface area contributed by atoms with Gasteiger partial charge in [0.1, 0.15) is 13.2 Å². The summed E-state index contributed by atoms with van der Waals surface area (Å²) in [7, 11) is 5.98. The van der Waals surface area contributed by atoms with E-state index < -0.39 is 18.4 Å². The third-order valence-electron chi connectivity index (χ3n) is 13.7. The Kier molecular flexibility index (Phi) is 52.3. The van der Waals surface area contributed by atoms with Crippen molar-refractivity contribution < 1.29 is 42.9 Å². The van der Waals surface area contributed by atoms with Crippen molar-refractivity contribution >= 4 is 17.9 Å². The number of esters is 2. The molecule has 0 saturated heterocycles. The second-order valence-electron chi connectivity index (χ2n) is 22.0. The van der Waals surface area contributed by atoms with Gasteiger partial charge in [0.15, 0.2) is 6.10 Å². The molecule has 0 bridgehead atoms. The molecule has 0 aliphatic rings. The molecule has 0 aromatic heterocycles. The summed E-state index contributed by atoms with van der Waals surface area (Å²) in [5, 5.41) is 9.69. The van der Waals surface area contributed by atoms with Crippen LogP contribution in [0.25, 0.3) is 0 Å². The Balaban J connectivity index is 4.02. The van der Waals surface area contributed by atoms with E-state index >= 15 is 0 Å². The fourth-order valence-electron chi connectivity index (χ4n) is 8.99. The Morgan fingerprint density at radius 1 is 0.423 bits per heavy atom. The van der Waals surface area contributed by atoms with Gasteiger partial charge in [-0.3, -0.25) is 9.59 Å². The minimum Gasteiger partial charge on any atom is -0.477 e. The number of hydrogen-bond donors (Lipinski definition) is 1. The van der Waals surface area contributed by atoms with Gasteiger partial charge in [-0.05, 0) is 44.9 Å². The number of unbranched alkanes of at least 4 members (excludes halogenated alkanes) is 38. The van der Waals surface area contributed by atoms with Crippen LogP contribution in [-0.2, 0) is 33.3 Å². The average molecular weight is 1010 g/mol. The molecule has 2 unspecified atom stereocenters. The summed E-state index contributed by atoms with van der Waals surface area (Å²) >= 11 is 0. The third-order valence-corrected chi connectivity index (χ3v) is 13.7. The van der Waals surface area contributed by atoms with Gasteiger partial charge >= 0.3 is 17.9 Å². The molecule has 9 heteroatoms. The third kappa shape index (κ3) is 55.4. The SMILES string of the molecule is CCCCCCC/C=C\C/C=C\CCCCCCCCCCCCCCCCCCCCCCCC(=O)OC(COC(=O)CCCCCCCCCCCCCCC)COC(OCC[N+](C)(C)C)C(=O)O. The number of nitrogens with zero attached hydrogens (tertiary/aromatic N) is 1. The highest BCUT2D eigenvalue weighted by Crippen LogP contribution is 2.18. The first-order valence-corrected chi connectivity index (χ1v) is 30.5. The lowest BCUT2D eigenvalue weighted by Gasteiger charge is -2.25. The molecule has 9 nitrogen and oxygen atoms in total. The fraction of sp³-hybridized carbons (Fsp3) is 0.887. The van der Waals surface area contributed by atoms with E-state index in [9.17, 15) is 19.5 Å². The van der Waals surface area contributed by atoms with Gasteiger partial charge < -0.3 is 28.5 Å². The van der Waals surface area contributed by atoms with E-state index in [0.29, 0.717) is 17.4 Å². The van der Waals surface area contributed by atoms with Crippen molar-refractivity contribution in [3.05, 3.63) is 24.3 Å². The summed E-state index contributed by atoms with van der Waals surface area (Å²) in [5.41, 5.74) is 0. The molecule has 0 aliphatic carbocycles. The van der Waals surface area contributed by atoms with E-state index in [-0.39, 0.29) is 38.2 Å². The van der Waals surface area contributed by atoms with E-state index in [1.54, 1.807) is 0 Å². The molecule has 0 spiro atoms. The van der Waals surface area contributed by atoms with Crippen molar-refractivity contribution in [3.8, 4) is 0 Å². The summed E-state index contributed by atoms with van der Waals surface area (Å²) < 4.78 is 22.9. The molecular formula is C62H118NO8+. The van der Waals surface area contributed by atoms with E-state index in [0.717, 1.165) is 44.9 Å². The number of likely N-dealkylation sites (N-methyl/N-ethyl adjacent to an activating group) is 1. The molecular weight excluding hydrogens is 887 g/mol. The first-order valence-electron chi connectivity index (χ1n) is 30.5. The highest BCUT2D eigenvalue weighted by molar-refractivity contribution is 5.71. The highest BCUT2D eigenvalue weighted by Gasteiger charge is 2.25. The molecule has 1 N–H and O–H groups in total. The van der Waals surface area contributed by atoms with Gasteiger partial charge in [-0.25, -0.2) is 4.79 Å². The second kappa shape index (κ2) is 54.0. The zero-order valence-corrected chi connectivity index (χ0v) is 47.7. The number of allylic oxidation sites excluding steroid dienone is 4. The van der Waals surface area contributed by atoms with Crippen LogP contribution in [0.4, 0.5) is 0 Å². The van der Waals surface area contributed by atoms with Crippen molar-refractivity contribution in [3.63, 3.8) is 0 Å². The summed E-state index contributed by atoms with van der Waals surface area (Å²) in [6, 6.07) is 0. The van der Waals surface area contributed by atoms with Crippen molar-refractivity contribution in [2.24, 2.45) is 0 Å². The van der Waals surface area contributed by atoms with Gasteiger partial charge in [0.25, 0.3) is 6.29 Å².